The number of ketones is 1. The van der Waals surface area contributed by atoms with Gasteiger partial charge in [0.1, 0.15) is 0 Å². The van der Waals surface area contributed by atoms with Crippen LogP contribution in [0, 0.1) is 0 Å². The van der Waals surface area contributed by atoms with Crippen LogP contribution in [-0.2, 0) is 0 Å². The van der Waals surface area contributed by atoms with E-state index in [4.69, 9.17) is 0 Å². The number of hydrazone groups is 1. The second-order valence-electron chi connectivity index (χ2n) is 3.46. The van der Waals surface area contributed by atoms with E-state index in [0.29, 0.717) is 6.42 Å². The van der Waals surface area contributed by atoms with Gasteiger partial charge < -0.3 is 5.01 Å². The average molecular weight is 204 g/mol. The van der Waals surface area contributed by atoms with Gasteiger partial charge in [-0.25, -0.2) is 0 Å². The topological polar surface area (TPSA) is 32.7 Å². The first-order valence-corrected chi connectivity index (χ1v) is 4.98. The molecule has 0 radical (unpaired) electrons. The van der Waals surface area contributed by atoms with Crippen LogP contribution < -0.4 is 0 Å². The molecule has 0 atom stereocenters. The molecule has 1 aromatic carbocycles. The zero-order valence-corrected chi connectivity index (χ0v) is 9.40. The van der Waals surface area contributed by atoms with Crippen molar-refractivity contribution in [1.82, 2.24) is 5.01 Å². The summed E-state index contributed by atoms with van der Waals surface area (Å²) < 4.78 is 0. The summed E-state index contributed by atoms with van der Waals surface area (Å²) in [6.45, 7) is 1.86. The Morgan fingerprint density at radius 1 is 1.40 bits per heavy atom. The fraction of sp³-hybridized carbons (Fsp3) is 0.333. The van der Waals surface area contributed by atoms with Crippen molar-refractivity contribution in [3.63, 3.8) is 0 Å². The molecule has 3 heteroatoms. The summed E-state index contributed by atoms with van der Waals surface area (Å²) in [5.74, 6) is 0.149. The van der Waals surface area contributed by atoms with Gasteiger partial charge in [0, 0.05) is 31.6 Å². The Labute approximate surface area is 90.4 Å². The monoisotopic (exact) mass is 204 g/mol. The molecule has 0 unspecified atom stereocenters. The zero-order valence-electron chi connectivity index (χ0n) is 9.40. The number of rotatable bonds is 4. The number of benzene rings is 1. The fourth-order valence-electron chi connectivity index (χ4n) is 1.23. The third kappa shape index (κ3) is 3.20. The van der Waals surface area contributed by atoms with E-state index in [9.17, 15) is 4.79 Å². The molecule has 0 aliphatic rings. The summed E-state index contributed by atoms with van der Waals surface area (Å²) in [6.07, 6.45) is 2.23. The van der Waals surface area contributed by atoms with Crippen molar-refractivity contribution in [1.29, 1.82) is 0 Å². The summed E-state index contributed by atoms with van der Waals surface area (Å²) in [5, 5.41) is 5.83. The normalized spacial score (nSPS) is 10.6. The van der Waals surface area contributed by atoms with Crippen molar-refractivity contribution in [2.45, 2.75) is 13.3 Å². The van der Waals surface area contributed by atoms with Crippen LogP contribution in [0.4, 0.5) is 0 Å². The fourth-order valence-corrected chi connectivity index (χ4v) is 1.23. The molecule has 0 saturated carbocycles. The van der Waals surface area contributed by atoms with Gasteiger partial charge in [0.05, 0.1) is 6.21 Å². The maximum Gasteiger partial charge on any atom is 0.163 e. The molecule has 0 spiro atoms. The summed E-state index contributed by atoms with van der Waals surface area (Å²) in [7, 11) is 3.70. The average Bonchev–Trinajstić information content (AvgIpc) is 2.25. The molecule has 0 aliphatic carbocycles. The molecule has 0 N–H and O–H groups in total. The van der Waals surface area contributed by atoms with Crippen LogP contribution in [0.3, 0.4) is 0 Å². The van der Waals surface area contributed by atoms with Crippen LogP contribution in [0.1, 0.15) is 29.3 Å². The highest BCUT2D eigenvalue weighted by Crippen LogP contribution is 2.09. The lowest BCUT2D eigenvalue weighted by Crippen LogP contribution is -2.05. The van der Waals surface area contributed by atoms with Crippen molar-refractivity contribution in [3.05, 3.63) is 35.4 Å². The molecular weight excluding hydrogens is 188 g/mol. The Kier molecular flexibility index (Phi) is 4.03. The van der Waals surface area contributed by atoms with Crippen LogP contribution in [0.25, 0.3) is 0 Å². The van der Waals surface area contributed by atoms with E-state index in [-0.39, 0.29) is 5.78 Å². The molecule has 0 fully saturated rings. The van der Waals surface area contributed by atoms with Crippen molar-refractivity contribution in [2.75, 3.05) is 14.1 Å². The first kappa shape index (κ1) is 11.4. The molecule has 0 heterocycles. The standard InChI is InChI=1S/C12H16N2O/c1-4-12(15)11-8-6-5-7-10(11)9-13-14(2)3/h5-9H,4H2,1-3H3/b13-9+. The Hall–Kier alpha value is -1.64. The molecule has 80 valence electrons. The van der Waals surface area contributed by atoms with Gasteiger partial charge in [0.15, 0.2) is 5.78 Å². The van der Waals surface area contributed by atoms with Crippen molar-refractivity contribution < 1.29 is 4.79 Å². The quantitative estimate of drug-likeness (QED) is 0.428. The SMILES string of the molecule is CCC(=O)c1ccccc1/C=N/N(C)C. The maximum absolute atomic E-state index is 11.6. The van der Waals surface area contributed by atoms with E-state index in [2.05, 4.69) is 5.10 Å². The van der Waals surface area contributed by atoms with E-state index in [1.807, 2.05) is 45.3 Å². The van der Waals surface area contributed by atoms with E-state index >= 15 is 0 Å². The molecule has 0 aromatic heterocycles. The Bertz CT molecular complexity index is 370. The van der Waals surface area contributed by atoms with Gasteiger partial charge in [0.25, 0.3) is 0 Å². The first-order chi connectivity index (χ1) is 7.15. The number of hydrogen-bond donors (Lipinski definition) is 0. The number of carbonyl (C=O) groups excluding carboxylic acids is 1. The number of Topliss-reactive ketones (excluding diaryl/α,β-unsaturated/α-hetero) is 1. The van der Waals surface area contributed by atoms with E-state index in [0.717, 1.165) is 11.1 Å². The Morgan fingerprint density at radius 2 is 2.07 bits per heavy atom. The summed E-state index contributed by atoms with van der Waals surface area (Å²) in [6, 6.07) is 7.51. The highest BCUT2D eigenvalue weighted by molar-refractivity contribution is 6.03. The van der Waals surface area contributed by atoms with Crippen LogP contribution in [0.2, 0.25) is 0 Å². The number of carbonyl (C=O) groups is 1. The molecule has 1 rings (SSSR count). The van der Waals surface area contributed by atoms with Crippen molar-refractivity contribution in [3.8, 4) is 0 Å². The van der Waals surface area contributed by atoms with Crippen molar-refractivity contribution in [2.24, 2.45) is 5.10 Å². The van der Waals surface area contributed by atoms with Crippen molar-refractivity contribution >= 4 is 12.0 Å². The molecular formula is C12H16N2O. The lowest BCUT2D eigenvalue weighted by atomic mass is 10.0. The largest absolute Gasteiger partial charge is 0.303 e. The van der Waals surface area contributed by atoms with Crippen LogP contribution in [0.15, 0.2) is 29.4 Å². The predicted octanol–water partition coefficient (Wildman–Crippen LogP) is 2.17. The van der Waals surface area contributed by atoms with Gasteiger partial charge in [-0.3, -0.25) is 4.79 Å². The Morgan fingerprint density at radius 3 is 2.67 bits per heavy atom. The van der Waals surface area contributed by atoms with Gasteiger partial charge in [0.2, 0.25) is 0 Å². The smallest absolute Gasteiger partial charge is 0.163 e. The third-order valence-electron chi connectivity index (χ3n) is 2.01. The molecule has 3 nitrogen and oxygen atoms in total. The van der Waals surface area contributed by atoms with E-state index in [1.54, 1.807) is 11.2 Å². The molecule has 1 aromatic rings. The molecule has 0 saturated heterocycles. The maximum atomic E-state index is 11.6. The highest BCUT2D eigenvalue weighted by atomic mass is 16.1. The highest BCUT2D eigenvalue weighted by Gasteiger charge is 2.06. The van der Waals surface area contributed by atoms with Crippen LogP contribution in [-0.4, -0.2) is 31.1 Å². The number of hydrogen-bond acceptors (Lipinski definition) is 3. The lowest BCUT2D eigenvalue weighted by molar-refractivity contribution is 0.0988. The third-order valence-corrected chi connectivity index (χ3v) is 2.01. The van der Waals surface area contributed by atoms with Gasteiger partial charge in [-0.2, -0.15) is 5.10 Å². The molecule has 0 amide bonds. The van der Waals surface area contributed by atoms with Gasteiger partial charge in [-0.05, 0) is 0 Å². The zero-order chi connectivity index (χ0) is 11.3. The van der Waals surface area contributed by atoms with E-state index < -0.39 is 0 Å². The number of nitrogens with zero attached hydrogens (tertiary/aromatic N) is 2. The minimum Gasteiger partial charge on any atom is -0.303 e. The summed E-state index contributed by atoms with van der Waals surface area (Å²) in [5.41, 5.74) is 1.61. The van der Waals surface area contributed by atoms with Gasteiger partial charge in [-0.1, -0.05) is 31.2 Å². The summed E-state index contributed by atoms with van der Waals surface area (Å²) in [4.78, 5) is 11.6. The lowest BCUT2D eigenvalue weighted by Gasteiger charge is -2.05. The predicted molar refractivity (Wildman–Crippen MR) is 62.3 cm³/mol. The minimum atomic E-state index is 0.149. The van der Waals surface area contributed by atoms with Crippen LogP contribution >= 0.6 is 0 Å². The minimum absolute atomic E-state index is 0.149. The van der Waals surface area contributed by atoms with Gasteiger partial charge in [-0.15, -0.1) is 0 Å². The van der Waals surface area contributed by atoms with Crippen LogP contribution in [0.5, 0.6) is 0 Å². The molecule has 0 aliphatic heterocycles. The first-order valence-electron chi connectivity index (χ1n) is 4.98. The molecule has 0 bridgehead atoms. The molecule has 15 heavy (non-hydrogen) atoms. The van der Waals surface area contributed by atoms with Gasteiger partial charge >= 0.3 is 0 Å². The Balaban J connectivity index is 3.01. The second kappa shape index (κ2) is 5.29. The summed E-state index contributed by atoms with van der Waals surface area (Å²) >= 11 is 0. The van der Waals surface area contributed by atoms with E-state index in [1.165, 1.54) is 0 Å². The second-order valence-corrected chi connectivity index (χ2v) is 3.46.